The fourth-order valence-electron chi connectivity index (χ4n) is 1.67. The molecule has 0 saturated heterocycles. The highest BCUT2D eigenvalue weighted by atomic mass is 79.9. The van der Waals surface area contributed by atoms with Crippen LogP contribution >= 0.6 is 15.9 Å². The van der Waals surface area contributed by atoms with Gasteiger partial charge in [0.15, 0.2) is 0 Å². The van der Waals surface area contributed by atoms with Crippen LogP contribution in [0.15, 0.2) is 35.5 Å². The molecule has 1 fully saturated rings. The largest absolute Gasteiger partial charge is 0.308 e. The predicted molar refractivity (Wildman–Crippen MR) is 68.9 cm³/mol. The number of rotatable bonds is 4. The number of halogens is 1. The highest BCUT2D eigenvalue weighted by Crippen LogP contribution is 2.19. The van der Waals surface area contributed by atoms with Gasteiger partial charge in [-0.15, -0.1) is 0 Å². The summed E-state index contributed by atoms with van der Waals surface area (Å²) in [5.41, 5.74) is 2.08. The van der Waals surface area contributed by atoms with Gasteiger partial charge in [0.25, 0.3) is 0 Å². The van der Waals surface area contributed by atoms with Gasteiger partial charge in [0.1, 0.15) is 0 Å². The topological polar surface area (TPSA) is 42.7 Å². The van der Waals surface area contributed by atoms with E-state index in [9.17, 15) is 0 Å². The van der Waals surface area contributed by atoms with Crippen molar-refractivity contribution < 1.29 is 0 Å². The van der Waals surface area contributed by atoms with Crippen molar-refractivity contribution >= 4 is 15.9 Å². The third-order valence-electron chi connectivity index (χ3n) is 2.77. The van der Waals surface area contributed by atoms with E-state index in [-0.39, 0.29) is 0 Å². The Bertz CT molecular complexity index is 519. The van der Waals surface area contributed by atoms with Crippen LogP contribution in [0.2, 0.25) is 0 Å². The number of nitrogens with zero attached hydrogens (tertiary/aromatic N) is 3. The molecule has 1 aliphatic rings. The summed E-state index contributed by atoms with van der Waals surface area (Å²) in [6.45, 7) is 0.846. The van der Waals surface area contributed by atoms with Gasteiger partial charge in [-0.05, 0) is 34.8 Å². The maximum Gasteiger partial charge on any atom is 0.0996 e. The molecule has 0 amide bonds. The molecule has 2 aromatic rings. The Morgan fingerprint density at radius 2 is 2.29 bits per heavy atom. The van der Waals surface area contributed by atoms with Gasteiger partial charge in [0, 0.05) is 29.5 Å². The minimum Gasteiger partial charge on any atom is -0.308 e. The van der Waals surface area contributed by atoms with E-state index in [0.29, 0.717) is 6.04 Å². The summed E-state index contributed by atoms with van der Waals surface area (Å²) < 4.78 is 2.96. The maximum atomic E-state index is 4.38. The summed E-state index contributed by atoms with van der Waals surface area (Å²) >= 11 is 3.42. The van der Waals surface area contributed by atoms with Crippen LogP contribution in [0.1, 0.15) is 18.5 Å². The average molecular weight is 293 g/mol. The molecule has 0 radical (unpaired) electrons. The third-order valence-corrected chi connectivity index (χ3v) is 3.21. The molecule has 0 spiro atoms. The smallest absolute Gasteiger partial charge is 0.0996 e. The van der Waals surface area contributed by atoms with Crippen LogP contribution in [-0.4, -0.2) is 20.6 Å². The van der Waals surface area contributed by atoms with E-state index >= 15 is 0 Å². The number of pyridine rings is 1. The number of hydrogen-bond acceptors (Lipinski definition) is 3. The zero-order chi connectivity index (χ0) is 11.7. The first-order valence-corrected chi connectivity index (χ1v) is 6.48. The van der Waals surface area contributed by atoms with Gasteiger partial charge < -0.3 is 9.88 Å². The Kier molecular flexibility index (Phi) is 2.94. The maximum absolute atomic E-state index is 4.38. The zero-order valence-corrected chi connectivity index (χ0v) is 10.9. The zero-order valence-electron chi connectivity index (χ0n) is 9.31. The van der Waals surface area contributed by atoms with Crippen LogP contribution in [0.4, 0.5) is 0 Å². The summed E-state index contributed by atoms with van der Waals surface area (Å²) in [4.78, 5) is 8.52. The second kappa shape index (κ2) is 4.58. The molecule has 1 aliphatic carbocycles. The van der Waals surface area contributed by atoms with E-state index in [1.807, 2.05) is 29.4 Å². The monoisotopic (exact) mass is 292 g/mol. The van der Waals surface area contributed by atoms with Gasteiger partial charge in [0.05, 0.1) is 23.9 Å². The number of hydrogen-bond donors (Lipinski definition) is 1. The van der Waals surface area contributed by atoms with Gasteiger partial charge in [-0.3, -0.25) is 4.98 Å². The van der Waals surface area contributed by atoms with E-state index in [2.05, 4.69) is 31.2 Å². The SMILES string of the molecule is Brc1cncc(-n2cnc(CNC3CC3)c2)c1. The molecule has 0 aromatic carbocycles. The van der Waals surface area contributed by atoms with E-state index in [1.54, 1.807) is 6.20 Å². The second-order valence-corrected chi connectivity index (χ2v) is 5.20. The number of nitrogens with one attached hydrogen (secondary N) is 1. The first kappa shape index (κ1) is 10.9. The number of imidazole rings is 1. The molecule has 0 atom stereocenters. The highest BCUT2D eigenvalue weighted by molar-refractivity contribution is 9.10. The lowest BCUT2D eigenvalue weighted by molar-refractivity contribution is 0.677. The van der Waals surface area contributed by atoms with E-state index < -0.39 is 0 Å². The Labute approximate surface area is 108 Å². The first-order valence-electron chi connectivity index (χ1n) is 5.68. The van der Waals surface area contributed by atoms with Crippen LogP contribution in [0, 0.1) is 0 Å². The van der Waals surface area contributed by atoms with E-state index in [1.165, 1.54) is 12.8 Å². The minimum atomic E-state index is 0.715. The molecule has 3 rings (SSSR count). The first-order chi connectivity index (χ1) is 8.31. The lowest BCUT2D eigenvalue weighted by Crippen LogP contribution is -2.15. The summed E-state index contributed by atoms with van der Waals surface area (Å²) in [6, 6.07) is 2.74. The van der Waals surface area contributed by atoms with Crippen LogP contribution in [-0.2, 0) is 6.54 Å². The van der Waals surface area contributed by atoms with Gasteiger partial charge in [0.2, 0.25) is 0 Å². The van der Waals surface area contributed by atoms with Crippen LogP contribution in [0.25, 0.3) is 5.69 Å². The Balaban J connectivity index is 1.74. The van der Waals surface area contributed by atoms with Crippen molar-refractivity contribution in [1.29, 1.82) is 0 Å². The Hall–Kier alpha value is -1.20. The molecule has 2 heterocycles. The molecule has 4 nitrogen and oxygen atoms in total. The van der Waals surface area contributed by atoms with E-state index in [0.717, 1.165) is 22.4 Å². The predicted octanol–water partition coefficient (Wildman–Crippen LogP) is 2.28. The summed E-state index contributed by atoms with van der Waals surface area (Å²) in [5, 5.41) is 3.45. The quantitative estimate of drug-likeness (QED) is 0.940. The lowest BCUT2D eigenvalue weighted by Gasteiger charge is -2.01. The van der Waals surface area contributed by atoms with Crippen molar-refractivity contribution in [3.63, 3.8) is 0 Å². The summed E-state index contributed by atoms with van der Waals surface area (Å²) in [5.74, 6) is 0. The number of aromatic nitrogens is 3. The fourth-order valence-corrected chi connectivity index (χ4v) is 2.03. The molecular weight excluding hydrogens is 280 g/mol. The van der Waals surface area contributed by atoms with Crippen molar-refractivity contribution in [2.45, 2.75) is 25.4 Å². The third kappa shape index (κ3) is 2.73. The summed E-state index contributed by atoms with van der Waals surface area (Å²) in [7, 11) is 0. The minimum absolute atomic E-state index is 0.715. The van der Waals surface area contributed by atoms with Crippen molar-refractivity contribution in [1.82, 2.24) is 19.9 Å². The second-order valence-electron chi connectivity index (χ2n) is 4.29. The van der Waals surface area contributed by atoms with Gasteiger partial charge >= 0.3 is 0 Å². The molecular formula is C12H13BrN4. The Morgan fingerprint density at radius 1 is 1.41 bits per heavy atom. The van der Waals surface area contributed by atoms with Crippen LogP contribution in [0.3, 0.4) is 0 Å². The van der Waals surface area contributed by atoms with E-state index in [4.69, 9.17) is 0 Å². The lowest BCUT2D eigenvalue weighted by atomic mass is 10.4. The molecule has 2 aromatic heterocycles. The van der Waals surface area contributed by atoms with Crippen molar-refractivity contribution in [3.8, 4) is 5.69 Å². The fraction of sp³-hybridized carbons (Fsp3) is 0.333. The molecule has 0 aliphatic heterocycles. The summed E-state index contributed by atoms with van der Waals surface area (Å²) in [6.07, 6.45) is 10.1. The molecule has 0 bridgehead atoms. The van der Waals surface area contributed by atoms with Crippen LogP contribution < -0.4 is 5.32 Å². The van der Waals surface area contributed by atoms with Gasteiger partial charge in [-0.2, -0.15) is 0 Å². The molecule has 5 heteroatoms. The molecule has 0 unspecified atom stereocenters. The van der Waals surface area contributed by atoms with Crippen molar-refractivity contribution in [2.24, 2.45) is 0 Å². The normalized spacial score (nSPS) is 15.1. The standard InChI is InChI=1S/C12H13BrN4/c13-9-3-12(6-14-4-9)17-7-11(16-8-17)5-15-10-1-2-10/h3-4,6-8,10,15H,1-2,5H2. The van der Waals surface area contributed by atoms with Crippen molar-refractivity contribution in [3.05, 3.63) is 41.2 Å². The highest BCUT2D eigenvalue weighted by Gasteiger charge is 2.20. The van der Waals surface area contributed by atoms with Gasteiger partial charge in [-0.1, -0.05) is 0 Å². The molecule has 88 valence electrons. The molecule has 1 N–H and O–H groups in total. The average Bonchev–Trinajstić information content (AvgIpc) is 3.04. The Morgan fingerprint density at radius 3 is 3.06 bits per heavy atom. The van der Waals surface area contributed by atoms with Gasteiger partial charge in [-0.25, -0.2) is 4.98 Å². The molecule has 17 heavy (non-hydrogen) atoms. The molecule has 1 saturated carbocycles. The van der Waals surface area contributed by atoms with Crippen LogP contribution in [0.5, 0.6) is 0 Å². The van der Waals surface area contributed by atoms with Crippen molar-refractivity contribution in [2.75, 3.05) is 0 Å².